The second-order valence-electron chi connectivity index (χ2n) is 18.9. The highest BCUT2D eigenvalue weighted by Crippen LogP contribution is 2.35. The summed E-state index contributed by atoms with van der Waals surface area (Å²) >= 11 is 5.50. The van der Waals surface area contributed by atoms with Gasteiger partial charge in [-0.1, -0.05) is 29.5 Å². The fourth-order valence-corrected chi connectivity index (χ4v) is 8.98. The Balaban J connectivity index is 0.874. The monoisotopic (exact) mass is 1160 g/mol. The van der Waals surface area contributed by atoms with Gasteiger partial charge in [0.25, 0.3) is 0 Å². The summed E-state index contributed by atoms with van der Waals surface area (Å²) in [6.07, 6.45) is 3.70. The smallest absolute Gasteiger partial charge is 0.317 e. The lowest BCUT2D eigenvalue weighted by atomic mass is 10.0. The molecule has 0 aliphatic carbocycles. The molecule has 5 aromatic rings. The molecule has 446 valence electrons. The summed E-state index contributed by atoms with van der Waals surface area (Å²) in [5.74, 6) is -2.62. The maximum atomic E-state index is 12.1. The van der Waals surface area contributed by atoms with E-state index in [2.05, 4.69) is 36.2 Å². The van der Waals surface area contributed by atoms with E-state index < -0.39 is 29.9 Å². The maximum absolute atomic E-state index is 12.1. The molecule has 27 nitrogen and oxygen atoms in total. The number of carboxylic acids is 4. The molecule has 0 amide bonds. The van der Waals surface area contributed by atoms with Crippen molar-refractivity contribution in [2.75, 3.05) is 169 Å². The molecule has 1 aliphatic rings. The topological polar surface area (TPSA) is 319 Å². The number of benzene rings is 3. The van der Waals surface area contributed by atoms with E-state index in [-0.39, 0.29) is 72.0 Å². The van der Waals surface area contributed by atoms with Crippen molar-refractivity contribution in [3.05, 3.63) is 78.8 Å². The van der Waals surface area contributed by atoms with Gasteiger partial charge in [-0.05, 0) is 54.5 Å². The van der Waals surface area contributed by atoms with Crippen LogP contribution in [0.15, 0.2) is 73.2 Å². The minimum absolute atomic E-state index is 0.165. The number of thiocarbonyl (C=S) groups is 1. The van der Waals surface area contributed by atoms with Crippen LogP contribution in [0.5, 0.6) is 11.5 Å². The Bertz CT molecular complexity index is 2800. The van der Waals surface area contributed by atoms with Gasteiger partial charge >= 0.3 is 23.9 Å². The van der Waals surface area contributed by atoms with Gasteiger partial charge in [0.15, 0.2) is 16.6 Å². The highest BCUT2D eigenvalue weighted by molar-refractivity contribution is 7.80. The number of anilines is 3. The summed E-state index contributed by atoms with van der Waals surface area (Å²) < 4.78 is 41.1. The number of nitrogens with one attached hydrogen (secondary N) is 3. The molecule has 28 heteroatoms. The number of aliphatic carboxylic acids is 4. The normalized spacial score (nSPS) is 15.1. The van der Waals surface area contributed by atoms with Crippen LogP contribution in [0.3, 0.4) is 0 Å². The number of hydrogen-bond donors (Lipinski definition) is 7. The molecule has 3 heterocycles. The van der Waals surface area contributed by atoms with Crippen molar-refractivity contribution in [2.45, 2.75) is 19.0 Å². The molecule has 1 saturated heterocycles. The lowest BCUT2D eigenvalue weighted by Crippen LogP contribution is -2.53. The third-order valence-corrected chi connectivity index (χ3v) is 13.0. The van der Waals surface area contributed by atoms with Gasteiger partial charge in [-0.25, -0.2) is 14.6 Å². The minimum atomic E-state index is -1.08. The van der Waals surface area contributed by atoms with Crippen LogP contribution < -0.4 is 25.4 Å². The zero-order valence-corrected chi connectivity index (χ0v) is 47.0. The van der Waals surface area contributed by atoms with Crippen molar-refractivity contribution in [3.63, 3.8) is 0 Å². The fraction of sp³-hybridized carbons (Fsp3) is 0.500. The zero-order valence-electron chi connectivity index (χ0n) is 46.2. The zero-order chi connectivity index (χ0) is 58.5. The summed E-state index contributed by atoms with van der Waals surface area (Å²) in [5.41, 5.74) is 4.55. The lowest BCUT2D eigenvalue weighted by molar-refractivity contribution is -0.142. The minimum Gasteiger partial charge on any atom is -0.487 e. The van der Waals surface area contributed by atoms with Gasteiger partial charge in [-0.2, -0.15) is 0 Å². The molecule has 0 saturated carbocycles. The quantitative estimate of drug-likeness (QED) is 0.0229. The number of rotatable bonds is 34. The van der Waals surface area contributed by atoms with E-state index in [0.29, 0.717) is 125 Å². The number of fused-ring (bicyclic) bond motifs is 1. The van der Waals surface area contributed by atoms with Gasteiger partial charge in [0.1, 0.15) is 31.1 Å². The fourth-order valence-electron chi connectivity index (χ4n) is 8.76. The summed E-state index contributed by atoms with van der Waals surface area (Å²) in [5, 5.41) is 58.2. The van der Waals surface area contributed by atoms with Gasteiger partial charge in [0, 0.05) is 101 Å². The number of aromatic nitrogens is 5. The van der Waals surface area contributed by atoms with Crippen molar-refractivity contribution in [1.29, 1.82) is 0 Å². The summed E-state index contributed by atoms with van der Waals surface area (Å²) in [7, 11) is 3.22. The molecule has 0 radical (unpaired) electrons. The molecule has 2 aromatic heterocycles. The lowest BCUT2D eigenvalue weighted by Gasteiger charge is -2.37. The molecule has 1 fully saturated rings. The SMILES string of the molecule is COCCOc1cc2ncnc(Nc3cccc(-c4cn(CCOCCOCCOCCNC(=S)Nc5ccc(CC6CN(CC(=O)O)CCN(CC(=O)O)CCN(CC(=O)O)CCN6CC(=O)O)cc5)nn4)c3)c2cc1OCCOC. The predicted molar refractivity (Wildman–Crippen MR) is 305 cm³/mol. The van der Waals surface area contributed by atoms with Crippen LogP contribution in [0.4, 0.5) is 17.2 Å². The first-order chi connectivity index (χ1) is 39.7. The van der Waals surface area contributed by atoms with Gasteiger partial charge in [0.2, 0.25) is 0 Å². The number of hydrogen-bond acceptors (Lipinski definition) is 21. The predicted octanol–water partition coefficient (Wildman–Crippen LogP) is 2.19. The van der Waals surface area contributed by atoms with E-state index in [0.717, 1.165) is 22.2 Å². The summed E-state index contributed by atoms with van der Waals surface area (Å²) in [6, 6.07) is 18.4. The van der Waals surface area contributed by atoms with E-state index in [1.54, 1.807) is 38.5 Å². The van der Waals surface area contributed by atoms with Crippen molar-refractivity contribution in [3.8, 4) is 22.8 Å². The molecule has 1 unspecified atom stereocenters. The molecular formula is C54H74N12O15S. The number of nitrogens with zero attached hydrogens (tertiary/aromatic N) is 9. The van der Waals surface area contributed by atoms with Gasteiger partial charge in [-0.3, -0.25) is 38.8 Å². The van der Waals surface area contributed by atoms with Crippen molar-refractivity contribution >= 4 is 69.3 Å². The van der Waals surface area contributed by atoms with Gasteiger partial charge < -0.3 is 69.5 Å². The first-order valence-electron chi connectivity index (χ1n) is 26.7. The van der Waals surface area contributed by atoms with Crippen molar-refractivity contribution in [2.24, 2.45) is 0 Å². The van der Waals surface area contributed by atoms with E-state index in [1.807, 2.05) is 66.9 Å². The first kappa shape index (κ1) is 63.9. The molecular weight excluding hydrogens is 1090 g/mol. The van der Waals surface area contributed by atoms with E-state index in [1.165, 1.54) is 6.33 Å². The van der Waals surface area contributed by atoms with Crippen LogP contribution in [0.1, 0.15) is 5.56 Å². The molecule has 3 aromatic carbocycles. The molecule has 7 N–H and O–H groups in total. The highest BCUT2D eigenvalue weighted by atomic mass is 32.1. The Morgan fingerprint density at radius 2 is 1.24 bits per heavy atom. The number of carboxylic acid groups (broad SMARTS) is 4. The second-order valence-corrected chi connectivity index (χ2v) is 19.3. The number of ether oxygens (including phenoxy) is 7. The van der Waals surface area contributed by atoms with E-state index in [9.17, 15) is 39.6 Å². The van der Waals surface area contributed by atoms with E-state index >= 15 is 0 Å². The van der Waals surface area contributed by atoms with Crippen molar-refractivity contribution in [1.82, 2.24) is 49.9 Å². The standard InChI is InChI=1S/C54H74N12O15S/c1-75-20-26-80-47-30-44-45(31-48(47)81-27-21-76-2)56-38-57-53(44)58-42-5-3-4-40(29-42)46-33-66(61-60-46)17-19-78-23-25-79-24-22-77-18-10-55-54(82)59-41-8-6-39(7-9-41)28-43-32-64(36-51(71)72)14-13-62(34-49(67)68)11-12-63(35-50(69)70)15-16-65(43)37-52(73)74/h3-9,29-31,33,38,43H,10-28,32,34-37H2,1-2H3,(H,67,68)(H,69,70)(H,71,72)(H,73,74)(H2,55,59,82)(H,56,57,58). The van der Waals surface area contributed by atoms with Crippen LogP contribution in [-0.4, -0.2) is 259 Å². The summed E-state index contributed by atoms with van der Waals surface area (Å²) in [6.45, 7) is 4.86. The van der Waals surface area contributed by atoms with Gasteiger partial charge in [0.05, 0.1) is 97.3 Å². The Kier molecular flexibility index (Phi) is 27.2. The Morgan fingerprint density at radius 3 is 1.89 bits per heavy atom. The third kappa shape index (κ3) is 22.9. The van der Waals surface area contributed by atoms with Crippen LogP contribution in [0.2, 0.25) is 0 Å². The van der Waals surface area contributed by atoms with Crippen molar-refractivity contribution < 1.29 is 72.8 Å². The Morgan fingerprint density at radius 1 is 0.646 bits per heavy atom. The Labute approximate surface area is 480 Å². The molecule has 0 bridgehead atoms. The largest absolute Gasteiger partial charge is 0.487 e. The first-order valence-corrected chi connectivity index (χ1v) is 27.1. The third-order valence-electron chi connectivity index (χ3n) is 12.7. The highest BCUT2D eigenvalue weighted by Gasteiger charge is 2.28. The molecule has 6 rings (SSSR count). The van der Waals surface area contributed by atoms with Gasteiger partial charge in [-0.15, -0.1) is 5.10 Å². The molecule has 82 heavy (non-hydrogen) atoms. The van der Waals surface area contributed by atoms with E-state index in [4.69, 9.17) is 45.4 Å². The van der Waals surface area contributed by atoms with Crippen LogP contribution in [-0.2, 0) is 55.8 Å². The molecule has 1 aliphatic heterocycles. The van der Waals surface area contributed by atoms with Crippen LogP contribution in [0.25, 0.3) is 22.2 Å². The number of carbonyl (C=O) groups is 4. The van der Waals surface area contributed by atoms with Crippen LogP contribution >= 0.6 is 12.2 Å². The molecule has 0 spiro atoms. The number of methoxy groups -OCH3 is 2. The van der Waals surface area contributed by atoms with Crippen LogP contribution in [0, 0.1) is 0 Å². The average molecular weight is 1160 g/mol. The molecule has 1 atom stereocenters. The Hall–Kier alpha value is -7.25. The average Bonchev–Trinajstić information content (AvgIpc) is 4.08. The maximum Gasteiger partial charge on any atom is 0.317 e. The summed E-state index contributed by atoms with van der Waals surface area (Å²) in [4.78, 5) is 63.1. The second kappa shape index (κ2) is 34.9.